The first-order valence-electron chi connectivity index (χ1n) is 11.0. The standard InChI is InChI=1S/C26H36N2O2/c1-6-21(5)27-26(30)24(7-2)28(18-23-10-8-9-20(4)17-23)25(29)16-15-22-13-11-19(3)12-14-22/h8-14,17,21,24H,6-7,15-16,18H2,1-5H3,(H,27,30)/t21-,24-/m0/s1. The third-order valence-corrected chi connectivity index (χ3v) is 5.57. The zero-order valence-electron chi connectivity index (χ0n) is 19.1. The van der Waals surface area contributed by atoms with Crippen LogP contribution in [-0.4, -0.2) is 28.8 Å². The van der Waals surface area contributed by atoms with Crippen LogP contribution in [0.15, 0.2) is 48.5 Å². The van der Waals surface area contributed by atoms with Gasteiger partial charge in [0.1, 0.15) is 6.04 Å². The molecule has 0 aromatic heterocycles. The fraction of sp³-hybridized carbons (Fsp3) is 0.462. The van der Waals surface area contributed by atoms with Gasteiger partial charge in [-0.2, -0.15) is 0 Å². The molecule has 0 saturated carbocycles. The molecule has 2 atom stereocenters. The van der Waals surface area contributed by atoms with Crippen LogP contribution >= 0.6 is 0 Å². The van der Waals surface area contributed by atoms with Crippen molar-refractivity contribution in [1.82, 2.24) is 10.2 Å². The van der Waals surface area contributed by atoms with Crippen LogP contribution in [0.1, 0.15) is 62.3 Å². The van der Waals surface area contributed by atoms with E-state index in [2.05, 4.69) is 42.6 Å². The summed E-state index contributed by atoms with van der Waals surface area (Å²) < 4.78 is 0. The largest absolute Gasteiger partial charge is 0.352 e. The van der Waals surface area contributed by atoms with Crippen molar-refractivity contribution in [2.75, 3.05) is 0 Å². The number of carbonyl (C=O) groups is 2. The van der Waals surface area contributed by atoms with Crippen molar-refractivity contribution in [2.24, 2.45) is 0 Å². The van der Waals surface area contributed by atoms with Crippen LogP contribution in [0.3, 0.4) is 0 Å². The molecule has 0 spiro atoms. The Morgan fingerprint density at radius 2 is 1.63 bits per heavy atom. The molecular formula is C26H36N2O2. The van der Waals surface area contributed by atoms with Crippen molar-refractivity contribution >= 4 is 11.8 Å². The van der Waals surface area contributed by atoms with E-state index >= 15 is 0 Å². The Kier molecular flexibility index (Phi) is 9.10. The van der Waals surface area contributed by atoms with Crippen molar-refractivity contribution in [3.8, 4) is 0 Å². The fourth-order valence-corrected chi connectivity index (χ4v) is 3.52. The highest BCUT2D eigenvalue weighted by atomic mass is 16.2. The van der Waals surface area contributed by atoms with E-state index in [1.165, 1.54) is 5.56 Å². The summed E-state index contributed by atoms with van der Waals surface area (Å²) in [7, 11) is 0. The minimum Gasteiger partial charge on any atom is -0.352 e. The second kappa shape index (κ2) is 11.5. The number of benzene rings is 2. The van der Waals surface area contributed by atoms with E-state index in [1.807, 2.05) is 45.9 Å². The summed E-state index contributed by atoms with van der Waals surface area (Å²) in [4.78, 5) is 28.0. The van der Waals surface area contributed by atoms with E-state index in [9.17, 15) is 9.59 Å². The predicted octanol–water partition coefficient (Wildman–Crippen LogP) is 4.96. The molecule has 0 saturated heterocycles. The quantitative estimate of drug-likeness (QED) is 0.604. The van der Waals surface area contributed by atoms with Crippen molar-refractivity contribution in [1.29, 1.82) is 0 Å². The van der Waals surface area contributed by atoms with Gasteiger partial charge in [0.15, 0.2) is 0 Å². The number of hydrogen-bond acceptors (Lipinski definition) is 2. The van der Waals surface area contributed by atoms with Gasteiger partial charge < -0.3 is 10.2 Å². The molecule has 4 heteroatoms. The number of nitrogens with one attached hydrogen (secondary N) is 1. The smallest absolute Gasteiger partial charge is 0.243 e. The van der Waals surface area contributed by atoms with E-state index in [0.29, 0.717) is 25.8 Å². The molecule has 0 bridgehead atoms. The minimum atomic E-state index is -0.468. The molecule has 2 rings (SSSR count). The average molecular weight is 409 g/mol. The van der Waals surface area contributed by atoms with Gasteiger partial charge in [0.2, 0.25) is 11.8 Å². The highest BCUT2D eigenvalue weighted by Crippen LogP contribution is 2.16. The number of rotatable bonds is 10. The SMILES string of the molecule is CC[C@H](C)NC(=O)[C@H](CC)N(Cc1cccc(C)c1)C(=O)CCc1ccc(C)cc1. The summed E-state index contributed by atoms with van der Waals surface area (Å²) in [6, 6.07) is 16.0. The van der Waals surface area contributed by atoms with Crippen LogP contribution < -0.4 is 5.32 Å². The summed E-state index contributed by atoms with van der Waals surface area (Å²) in [6.07, 6.45) is 2.51. The van der Waals surface area contributed by atoms with E-state index in [4.69, 9.17) is 0 Å². The van der Waals surface area contributed by atoms with Gasteiger partial charge in [0.05, 0.1) is 0 Å². The van der Waals surface area contributed by atoms with Gasteiger partial charge in [-0.05, 0) is 51.2 Å². The zero-order chi connectivity index (χ0) is 22.1. The summed E-state index contributed by atoms with van der Waals surface area (Å²) in [5.74, 6) is -0.0496. The van der Waals surface area contributed by atoms with Gasteiger partial charge in [0.25, 0.3) is 0 Å². The van der Waals surface area contributed by atoms with Gasteiger partial charge in [-0.1, -0.05) is 73.5 Å². The Morgan fingerprint density at radius 3 is 2.23 bits per heavy atom. The van der Waals surface area contributed by atoms with Gasteiger partial charge in [-0.3, -0.25) is 9.59 Å². The van der Waals surface area contributed by atoms with Gasteiger partial charge >= 0.3 is 0 Å². The normalized spacial score (nSPS) is 12.8. The molecule has 0 aliphatic heterocycles. The van der Waals surface area contributed by atoms with E-state index in [0.717, 1.165) is 23.1 Å². The maximum absolute atomic E-state index is 13.3. The van der Waals surface area contributed by atoms with Gasteiger partial charge in [-0.25, -0.2) is 0 Å². The molecule has 30 heavy (non-hydrogen) atoms. The Hall–Kier alpha value is -2.62. The summed E-state index contributed by atoms with van der Waals surface area (Å²) in [5.41, 5.74) is 4.55. The molecule has 0 unspecified atom stereocenters. The lowest BCUT2D eigenvalue weighted by atomic mass is 10.0. The second-order valence-electron chi connectivity index (χ2n) is 8.24. The Bertz CT molecular complexity index is 829. The maximum Gasteiger partial charge on any atom is 0.243 e. The maximum atomic E-state index is 13.3. The summed E-state index contributed by atoms with van der Waals surface area (Å²) >= 11 is 0. The van der Waals surface area contributed by atoms with Crippen molar-refractivity contribution in [2.45, 2.75) is 78.9 Å². The minimum absolute atomic E-state index is 0.0169. The van der Waals surface area contributed by atoms with Crippen molar-refractivity contribution < 1.29 is 9.59 Å². The first-order chi connectivity index (χ1) is 14.3. The lowest BCUT2D eigenvalue weighted by molar-refractivity contribution is -0.141. The lowest BCUT2D eigenvalue weighted by Crippen LogP contribution is -2.50. The van der Waals surface area contributed by atoms with Gasteiger partial charge in [-0.15, -0.1) is 0 Å². The van der Waals surface area contributed by atoms with Crippen LogP contribution in [0.4, 0.5) is 0 Å². The molecule has 0 radical (unpaired) electrons. The third-order valence-electron chi connectivity index (χ3n) is 5.57. The monoisotopic (exact) mass is 408 g/mol. The molecule has 2 amide bonds. The van der Waals surface area contributed by atoms with Crippen molar-refractivity contribution in [3.05, 3.63) is 70.8 Å². The molecule has 2 aromatic rings. The molecule has 1 N–H and O–H groups in total. The number of aryl methyl sites for hydroxylation is 3. The topological polar surface area (TPSA) is 49.4 Å². The van der Waals surface area contributed by atoms with Crippen LogP contribution in [0, 0.1) is 13.8 Å². The average Bonchev–Trinajstić information content (AvgIpc) is 2.72. The highest BCUT2D eigenvalue weighted by molar-refractivity contribution is 5.87. The van der Waals surface area contributed by atoms with Crippen LogP contribution in [0.5, 0.6) is 0 Å². The highest BCUT2D eigenvalue weighted by Gasteiger charge is 2.29. The molecule has 0 heterocycles. The van der Waals surface area contributed by atoms with Crippen LogP contribution in [-0.2, 0) is 22.6 Å². The lowest BCUT2D eigenvalue weighted by Gasteiger charge is -2.31. The molecule has 0 aliphatic carbocycles. The predicted molar refractivity (Wildman–Crippen MR) is 123 cm³/mol. The fourth-order valence-electron chi connectivity index (χ4n) is 3.52. The summed E-state index contributed by atoms with van der Waals surface area (Å²) in [6.45, 7) is 10.6. The third kappa shape index (κ3) is 7.01. The zero-order valence-corrected chi connectivity index (χ0v) is 19.1. The van der Waals surface area contributed by atoms with E-state index in [1.54, 1.807) is 4.90 Å². The van der Waals surface area contributed by atoms with Gasteiger partial charge in [0, 0.05) is 19.0 Å². The molecule has 0 fully saturated rings. The van der Waals surface area contributed by atoms with Crippen molar-refractivity contribution in [3.63, 3.8) is 0 Å². The Balaban J connectivity index is 2.20. The molecule has 2 aromatic carbocycles. The Labute approximate surface area is 181 Å². The van der Waals surface area contributed by atoms with Crippen LogP contribution in [0.25, 0.3) is 0 Å². The van der Waals surface area contributed by atoms with Crippen LogP contribution in [0.2, 0.25) is 0 Å². The molecular weight excluding hydrogens is 372 g/mol. The summed E-state index contributed by atoms with van der Waals surface area (Å²) in [5, 5.41) is 3.06. The molecule has 162 valence electrons. The second-order valence-corrected chi connectivity index (χ2v) is 8.24. The molecule has 0 aliphatic rings. The number of carbonyl (C=O) groups excluding carboxylic acids is 2. The Morgan fingerprint density at radius 1 is 0.933 bits per heavy atom. The first-order valence-corrected chi connectivity index (χ1v) is 11.0. The number of hydrogen-bond donors (Lipinski definition) is 1. The van der Waals surface area contributed by atoms with E-state index in [-0.39, 0.29) is 17.9 Å². The molecule has 4 nitrogen and oxygen atoms in total. The first kappa shape index (κ1) is 23.7. The number of amides is 2. The van der Waals surface area contributed by atoms with E-state index < -0.39 is 6.04 Å². The number of nitrogens with zero attached hydrogens (tertiary/aromatic N) is 1.